The third-order valence-corrected chi connectivity index (χ3v) is 8.77. The van der Waals surface area contributed by atoms with E-state index in [2.05, 4.69) is 38.5 Å². The fraction of sp³-hybridized carbons (Fsp3) is 0.857. The van der Waals surface area contributed by atoms with Crippen molar-refractivity contribution in [2.45, 2.75) is 25.7 Å². The van der Waals surface area contributed by atoms with Gasteiger partial charge in [-0.1, -0.05) is 0 Å². The van der Waals surface area contributed by atoms with Crippen LogP contribution in [-0.4, -0.2) is 158 Å². The zero-order valence-electron chi connectivity index (χ0n) is 30.6. The molecule has 4 amide bonds. The van der Waals surface area contributed by atoms with Crippen LogP contribution in [0.3, 0.4) is 0 Å². The van der Waals surface area contributed by atoms with Crippen LogP contribution in [0.25, 0.3) is 0 Å². The van der Waals surface area contributed by atoms with Gasteiger partial charge in [-0.15, -0.1) is 0 Å². The number of methoxy groups -OCH3 is 4. The third kappa shape index (κ3) is 84.0. The molecule has 0 rings (SSSR count). The molecular formula is C28H62ErN4O10S5YYb. The van der Waals surface area contributed by atoms with Gasteiger partial charge in [0.1, 0.15) is 0 Å². The number of carbonyl (C=O) groups excluding carboxylic acids is 4. The number of nitrogens with one attached hydrogen (secondary N) is 4. The summed E-state index contributed by atoms with van der Waals surface area (Å²) in [5, 5.41) is 17.2. The first-order valence-electron chi connectivity index (χ1n) is 14.7. The van der Waals surface area contributed by atoms with Crippen molar-refractivity contribution in [1.29, 1.82) is 0 Å². The van der Waals surface area contributed by atoms with Crippen LogP contribution in [0.5, 0.6) is 0 Å². The normalized spacial score (nSPS) is 8.84. The summed E-state index contributed by atoms with van der Waals surface area (Å²) >= 11 is 9.38. The molecule has 0 heterocycles. The quantitative estimate of drug-likeness (QED) is 0.0273. The molecule has 0 fully saturated rings. The Morgan fingerprint density at radius 1 is 0.520 bits per heavy atom. The largest absolute Gasteiger partial charge is 0.385 e. The van der Waals surface area contributed by atoms with Crippen LogP contribution < -0.4 is 21.3 Å². The molecule has 50 heavy (non-hydrogen) atoms. The topological polar surface area (TPSA) is 183 Å². The van der Waals surface area contributed by atoms with Crippen LogP contribution in [-0.2, 0) is 75.2 Å². The number of thiol groups is 1. The molecule has 0 unspecified atom stereocenters. The number of rotatable bonds is 24. The van der Waals surface area contributed by atoms with Gasteiger partial charge >= 0.3 is 0 Å². The Labute approximate surface area is 417 Å². The molecule has 0 aromatic carbocycles. The van der Waals surface area contributed by atoms with Crippen LogP contribution in [0, 0.1) is 84.2 Å². The molecule has 0 aliphatic rings. The molecule has 1 radical (unpaired) electrons. The number of amides is 4. The van der Waals surface area contributed by atoms with Crippen LogP contribution >= 0.6 is 60.0 Å². The van der Waals surface area contributed by atoms with Gasteiger partial charge in [-0.2, -0.15) is 51.4 Å². The van der Waals surface area contributed by atoms with Crippen molar-refractivity contribution < 1.29 is 165 Å². The van der Waals surface area contributed by atoms with Crippen molar-refractivity contribution in [3.8, 4) is 0 Å². The molecule has 313 valence electrons. The van der Waals surface area contributed by atoms with Crippen molar-refractivity contribution in [2.24, 2.45) is 0 Å². The Kier molecular flexibility index (Phi) is 99.6. The van der Waals surface area contributed by atoms with E-state index in [4.69, 9.17) is 24.2 Å². The number of hydrogen-bond donors (Lipinski definition) is 6. The van der Waals surface area contributed by atoms with Crippen molar-refractivity contribution >= 4 is 83.6 Å². The molecule has 0 saturated carbocycles. The summed E-state index contributed by atoms with van der Waals surface area (Å²) in [5.41, 5.74) is 0. The zero-order chi connectivity index (χ0) is 36.8. The van der Waals surface area contributed by atoms with E-state index in [0.29, 0.717) is 23.0 Å². The van der Waals surface area contributed by atoms with Crippen LogP contribution in [0.15, 0.2) is 0 Å². The maximum absolute atomic E-state index is 10.7. The van der Waals surface area contributed by atoms with Crippen molar-refractivity contribution in [3.05, 3.63) is 0 Å². The minimum absolute atomic E-state index is 0. The first-order chi connectivity index (χ1) is 22.6. The molecule has 14 nitrogen and oxygen atoms in total. The van der Waals surface area contributed by atoms with E-state index in [1.54, 1.807) is 104 Å². The minimum atomic E-state index is 0. The summed E-state index contributed by atoms with van der Waals surface area (Å²) < 4.78 is 22.4. The summed E-state index contributed by atoms with van der Waals surface area (Å²) in [5.74, 6) is 6.53. The summed E-state index contributed by atoms with van der Waals surface area (Å²) in [6.45, 7) is 3.11. The Hall–Kier alpha value is 3.26. The summed E-state index contributed by atoms with van der Waals surface area (Å²) in [4.78, 5) is 42.7. The van der Waals surface area contributed by atoms with Gasteiger partial charge in [-0.25, -0.2) is 5.26 Å². The molecule has 0 aromatic rings. The second-order valence-electron chi connectivity index (χ2n) is 8.37. The Morgan fingerprint density at radius 3 is 0.800 bits per heavy atom. The van der Waals surface area contributed by atoms with Gasteiger partial charge in [0.05, 0.1) is 23.0 Å². The van der Waals surface area contributed by atoms with Crippen LogP contribution in [0.2, 0.25) is 0 Å². The van der Waals surface area contributed by atoms with E-state index >= 15 is 0 Å². The first-order valence-corrected chi connectivity index (χ1v) is 19.7. The monoisotopic (exact) mass is 1200 g/mol. The Balaban J connectivity index is -0.0000000748. The van der Waals surface area contributed by atoms with Gasteiger partial charge in [-0.3, -0.25) is 19.2 Å². The van der Waals surface area contributed by atoms with E-state index in [9.17, 15) is 19.2 Å². The second kappa shape index (κ2) is 70.1. The van der Waals surface area contributed by atoms with Gasteiger partial charge in [0.25, 0.3) is 0 Å². The summed E-state index contributed by atoms with van der Waals surface area (Å²) in [6, 6.07) is 0. The Bertz CT molecular complexity index is 582. The third-order valence-electron chi connectivity index (χ3n) is 4.60. The van der Waals surface area contributed by atoms with Crippen molar-refractivity contribution in [3.63, 3.8) is 0 Å². The Morgan fingerprint density at radius 2 is 0.680 bits per heavy atom. The number of ether oxygens (including phenoxy) is 4. The molecule has 0 aromatic heterocycles. The SMILES string of the molecule is CNC(=O)CSCCCOC.CNC(=O)CSCCCOC.CNC(=O)CSCCCOC.CNC(=O)CSCCCOC.OOS.[Er].[Y].[Yb]. The smallest absolute Gasteiger partial charge is 0.229 e. The van der Waals surface area contributed by atoms with Gasteiger partial charge in [0.2, 0.25) is 23.6 Å². The van der Waals surface area contributed by atoms with Crippen LogP contribution in [0.1, 0.15) is 25.7 Å². The number of thioether (sulfide) groups is 4. The predicted octanol–water partition coefficient (Wildman–Crippen LogP) is 2.33. The van der Waals surface area contributed by atoms with Crippen molar-refractivity contribution in [2.75, 3.05) is 129 Å². The summed E-state index contributed by atoms with van der Waals surface area (Å²) in [7, 11) is 13.3. The fourth-order valence-electron chi connectivity index (χ4n) is 2.17. The van der Waals surface area contributed by atoms with Gasteiger partial charge < -0.3 is 40.2 Å². The molecule has 0 aliphatic heterocycles. The molecule has 5 N–H and O–H groups in total. The molecule has 0 saturated heterocycles. The molecule has 0 aliphatic carbocycles. The minimum Gasteiger partial charge on any atom is -0.385 e. The maximum atomic E-state index is 10.7. The van der Waals surface area contributed by atoms with Gasteiger partial charge in [-0.05, 0) is 48.7 Å². The molecule has 0 bridgehead atoms. The average molecular weight is 1200 g/mol. The number of carbonyl (C=O) groups is 4. The average Bonchev–Trinajstić information content (AvgIpc) is 3.08. The first kappa shape index (κ1) is 71.0. The number of hydrogen-bond acceptors (Lipinski definition) is 15. The van der Waals surface area contributed by atoms with E-state index in [1.165, 1.54) is 0 Å². The van der Waals surface area contributed by atoms with E-state index in [0.717, 1.165) is 75.1 Å². The molecule has 0 atom stereocenters. The van der Waals surface area contributed by atoms with E-state index < -0.39 is 0 Å². The van der Waals surface area contributed by atoms with Gasteiger partial charge in [0.15, 0.2) is 0 Å². The maximum Gasteiger partial charge on any atom is 0.229 e. The molecule has 22 heteroatoms. The second-order valence-corrected chi connectivity index (χ2v) is 13.0. The van der Waals surface area contributed by atoms with Crippen molar-refractivity contribution in [1.82, 2.24) is 21.3 Å². The van der Waals surface area contributed by atoms with E-state index in [-0.39, 0.29) is 141 Å². The predicted molar refractivity (Wildman–Crippen MR) is 204 cm³/mol. The van der Waals surface area contributed by atoms with E-state index in [1.807, 2.05) is 0 Å². The zero-order valence-corrected chi connectivity index (χ0v) is 41.2. The van der Waals surface area contributed by atoms with Crippen LogP contribution in [0.4, 0.5) is 0 Å². The molecular weight excluding hydrogens is 1140 g/mol. The standard InChI is InChI=1S/4C7H15NO2S.Er.H2O2S.Y.Yb/c4*1-8-7(9)6-11-5-3-4-10-2;;1-2-3;;/h4*3-6H2,1-2H3,(H,8,9);;1,3H;;. The van der Waals surface area contributed by atoms with Gasteiger partial charge in [0, 0.05) is 213 Å². The fourth-order valence-corrected chi connectivity index (χ4v) is 5.35. The summed E-state index contributed by atoms with van der Waals surface area (Å²) in [6.07, 6.45) is 4.05. The molecule has 0 spiro atoms.